The van der Waals surface area contributed by atoms with Crippen molar-refractivity contribution in [2.75, 3.05) is 0 Å². The minimum atomic E-state index is -0.105. The van der Waals surface area contributed by atoms with Crippen molar-refractivity contribution in [3.05, 3.63) is 64.4 Å². The van der Waals surface area contributed by atoms with Gasteiger partial charge < -0.3 is 0 Å². The number of nitrogens with zero attached hydrogens (tertiary/aromatic N) is 1. The van der Waals surface area contributed by atoms with Crippen molar-refractivity contribution < 1.29 is 4.79 Å². The molecule has 96 valence electrons. The van der Waals surface area contributed by atoms with Gasteiger partial charge in [-0.2, -0.15) is 0 Å². The van der Waals surface area contributed by atoms with Crippen molar-refractivity contribution in [3.8, 4) is 0 Å². The molecule has 0 atom stereocenters. The maximum Gasteiger partial charge on any atom is 0.212 e. The van der Waals surface area contributed by atoms with Crippen LogP contribution < -0.4 is 0 Å². The Morgan fingerprint density at radius 1 is 1.21 bits per heavy atom. The summed E-state index contributed by atoms with van der Waals surface area (Å²) < 4.78 is 0. The van der Waals surface area contributed by atoms with Crippen LogP contribution in [-0.4, -0.2) is 10.8 Å². The number of pyridine rings is 1. The van der Waals surface area contributed by atoms with Crippen LogP contribution in [0.15, 0.2) is 42.6 Å². The van der Waals surface area contributed by atoms with E-state index in [4.69, 9.17) is 11.6 Å². The monoisotopic (exact) mass is 271 g/mol. The number of ketones is 1. The van der Waals surface area contributed by atoms with Crippen LogP contribution in [0.4, 0.5) is 0 Å². The smallest absolute Gasteiger partial charge is 0.212 e. The number of hydrogen-bond donors (Lipinski definition) is 0. The van der Waals surface area contributed by atoms with Gasteiger partial charge in [0.2, 0.25) is 5.78 Å². The van der Waals surface area contributed by atoms with Gasteiger partial charge in [0.25, 0.3) is 0 Å². The topological polar surface area (TPSA) is 30.0 Å². The predicted octanol–water partition coefficient (Wildman–Crippen LogP) is 4.23. The van der Waals surface area contributed by atoms with Crippen molar-refractivity contribution in [1.82, 2.24) is 4.98 Å². The van der Waals surface area contributed by atoms with Gasteiger partial charge in [0, 0.05) is 11.8 Å². The molecule has 19 heavy (non-hydrogen) atoms. The van der Waals surface area contributed by atoms with E-state index in [1.54, 1.807) is 18.3 Å². The molecule has 1 fully saturated rings. The van der Waals surface area contributed by atoms with Crippen LogP contribution in [0.5, 0.6) is 0 Å². The van der Waals surface area contributed by atoms with E-state index in [0.717, 1.165) is 0 Å². The summed E-state index contributed by atoms with van der Waals surface area (Å²) in [5.74, 6) is 0.513. The second-order valence-electron chi connectivity index (χ2n) is 4.92. The van der Waals surface area contributed by atoms with Crippen molar-refractivity contribution in [1.29, 1.82) is 0 Å². The summed E-state index contributed by atoms with van der Waals surface area (Å²) in [6, 6.07) is 11.3. The molecule has 1 aliphatic carbocycles. The summed E-state index contributed by atoms with van der Waals surface area (Å²) >= 11 is 6.03. The fourth-order valence-electron chi connectivity index (χ4n) is 2.36. The highest BCUT2D eigenvalue weighted by molar-refractivity contribution is 6.34. The van der Waals surface area contributed by atoms with Gasteiger partial charge in [-0.1, -0.05) is 36.2 Å². The Bertz CT molecular complexity index is 620. The molecule has 2 aromatic rings. The standard InChI is InChI=1S/C16H14ClNO/c17-14-8-3-9-18-15(14)16(19)13-7-2-6-12(10-13)11-4-1-5-11/h2-3,6-11H,1,4-5H2. The van der Waals surface area contributed by atoms with Gasteiger partial charge in [0.1, 0.15) is 5.69 Å². The van der Waals surface area contributed by atoms with Crippen molar-refractivity contribution in [2.24, 2.45) is 0 Å². The first-order valence-corrected chi connectivity index (χ1v) is 6.88. The van der Waals surface area contributed by atoms with Gasteiger partial charge in [-0.25, -0.2) is 0 Å². The van der Waals surface area contributed by atoms with Gasteiger partial charge >= 0.3 is 0 Å². The maximum absolute atomic E-state index is 12.4. The van der Waals surface area contributed by atoms with Crippen LogP contribution in [0.1, 0.15) is 46.8 Å². The summed E-state index contributed by atoms with van der Waals surface area (Å²) in [6.07, 6.45) is 5.33. The summed E-state index contributed by atoms with van der Waals surface area (Å²) in [7, 11) is 0. The van der Waals surface area contributed by atoms with E-state index in [1.165, 1.54) is 24.8 Å². The molecule has 0 N–H and O–H groups in total. The number of carbonyl (C=O) groups is 1. The van der Waals surface area contributed by atoms with Crippen LogP contribution in [0, 0.1) is 0 Å². The molecule has 0 saturated heterocycles. The van der Waals surface area contributed by atoms with Crippen molar-refractivity contribution >= 4 is 17.4 Å². The van der Waals surface area contributed by atoms with Crippen molar-refractivity contribution in [3.63, 3.8) is 0 Å². The SMILES string of the molecule is O=C(c1cccc(C2CCC2)c1)c1ncccc1Cl. The zero-order valence-corrected chi connectivity index (χ0v) is 11.2. The molecule has 0 spiro atoms. The Hall–Kier alpha value is -1.67. The summed E-state index contributed by atoms with van der Waals surface area (Å²) in [5.41, 5.74) is 2.25. The first kappa shape index (κ1) is 12.4. The Morgan fingerprint density at radius 3 is 2.74 bits per heavy atom. The highest BCUT2D eigenvalue weighted by atomic mass is 35.5. The third-order valence-corrected chi connectivity index (χ3v) is 4.00. The Labute approximate surface area is 117 Å². The lowest BCUT2D eigenvalue weighted by atomic mass is 9.79. The fraction of sp³-hybridized carbons (Fsp3) is 0.250. The lowest BCUT2D eigenvalue weighted by Gasteiger charge is -2.26. The minimum absolute atomic E-state index is 0.105. The average molecular weight is 272 g/mol. The molecule has 0 radical (unpaired) electrons. The third kappa shape index (κ3) is 2.41. The largest absolute Gasteiger partial charge is 0.287 e. The van der Waals surface area contributed by atoms with E-state index < -0.39 is 0 Å². The maximum atomic E-state index is 12.4. The number of rotatable bonds is 3. The Morgan fingerprint density at radius 2 is 2.05 bits per heavy atom. The molecule has 1 aromatic heterocycles. The number of halogens is 1. The molecule has 1 aromatic carbocycles. The second kappa shape index (κ2) is 5.14. The van der Waals surface area contributed by atoms with E-state index in [-0.39, 0.29) is 5.78 Å². The normalized spacial score (nSPS) is 15.0. The Balaban J connectivity index is 1.93. The van der Waals surface area contributed by atoms with Crippen LogP contribution >= 0.6 is 11.6 Å². The van der Waals surface area contributed by atoms with E-state index in [0.29, 0.717) is 22.2 Å². The Kier molecular flexibility index (Phi) is 3.34. The molecule has 0 aliphatic heterocycles. The van der Waals surface area contributed by atoms with Gasteiger partial charge in [0.05, 0.1) is 5.02 Å². The summed E-state index contributed by atoms with van der Waals surface area (Å²) in [6.45, 7) is 0. The summed E-state index contributed by atoms with van der Waals surface area (Å²) in [4.78, 5) is 16.5. The lowest BCUT2D eigenvalue weighted by molar-refractivity contribution is 0.103. The van der Waals surface area contributed by atoms with Crippen LogP contribution in [-0.2, 0) is 0 Å². The zero-order chi connectivity index (χ0) is 13.2. The molecule has 0 amide bonds. The lowest BCUT2D eigenvalue weighted by Crippen LogP contribution is -2.10. The molecule has 1 heterocycles. The fourth-order valence-corrected chi connectivity index (χ4v) is 2.57. The van der Waals surface area contributed by atoms with Gasteiger partial charge in [0.15, 0.2) is 0 Å². The molecule has 1 aliphatic rings. The van der Waals surface area contributed by atoms with Crippen LogP contribution in [0.3, 0.4) is 0 Å². The van der Waals surface area contributed by atoms with Gasteiger partial charge in [-0.3, -0.25) is 9.78 Å². The molecule has 1 saturated carbocycles. The minimum Gasteiger partial charge on any atom is -0.287 e. The van der Waals surface area contributed by atoms with Crippen LogP contribution in [0.2, 0.25) is 5.02 Å². The molecule has 3 heteroatoms. The second-order valence-corrected chi connectivity index (χ2v) is 5.32. The average Bonchev–Trinajstić information content (AvgIpc) is 2.37. The number of carbonyl (C=O) groups excluding carboxylic acids is 1. The van der Waals surface area contributed by atoms with Crippen molar-refractivity contribution in [2.45, 2.75) is 25.2 Å². The first-order chi connectivity index (χ1) is 9.25. The zero-order valence-electron chi connectivity index (χ0n) is 10.5. The number of benzene rings is 1. The first-order valence-electron chi connectivity index (χ1n) is 6.51. The quantitative estimate of drug-likeness (QED) is 0.782. The summed E-state index contributed by atoms with van der Waals surface area (Å²) in [5, 5.41) is 0.404. The molecule has 3 rings (SSSR count). The highest BCUT2D eigenvalue weighted by Crippen LogP contribution is 2.36. The van der Waals surface area contributed by atoms with E-state index in [9.17, 15) is 4.79 Å². The van der Waals surface area contributed by atoms with E-state index in [2.05, 4.69) is 11.1 Å². The molecule has 0 bridgehead atoms. The number of aromatic nitrogens is 1. The third-order valence-electron chi connectivity index (χ3n) is 3.70. The molecule has 2 nitrogen and oxygen atoms in total. The number of hydrogen-bond acceptors (Lipinski definition) is 2. The van der Waals surface area contributed by atoms with E-state index >= 15 is 0 Å². The highest BCUT2D eigenvalue weighted by Gasteiger charge is 2.21. The molecular formula is C16H14ClNO. The van der Waals surface area contributed by atoms with Crippen LogP contribution in [0.25, 0.3) is 0 Å². The van der Waals surface area contributed by atoms with E-state index in [1.807, 2.05) is 18.2 Å². The molecular weight excluding hydrogens is 258 g/mol. The van der Waals surface area contributed by atoms with Gasteiger partial charge in [-0.05, 0) is 42.5 Å². The molecule has 0 unspecified atom stereocenters. The van der Waals surface area contributed by atoms with Gasteiger partial charge in [-0.15, -0.1) is 0 Å². The predicted molar refractivity (Wildman–Crippen MR) is 75.7 cm³/mol.